The van der Waals surface area contributed by atoms with E-state index in [-0.39, 0.29) is 31.1 Å². The van der Waals surface area contributed by atoms with E-state index < -0.39 is 6.10 Å². The van der Waals surface area contributed by atoms with Gasteiger partial charge in [-0.1, -0.05) is 331 Å². The molecule has 0 aromatic heterocycles. The number of carbonyl (C=O) groups is 3. The molecule has 0 N–H and O–H groups in total. The summed E-state index contributed by atoms with van der Waals surface area (Å²) in [5.41, 5.74) is 0. The van der Waals surface area contributed by atoms with Crippen molar-refractivity contribution in [3.8, 4) is 0 Å². The van der Waals surface area contributed by atoms with Gasteiger partial charge in [0.05, 0.1) is 0 Å². The maximum atomic E-state index is 13.0. The zero-order valence-electron chi connectivity index (χ0n) is 54.5. The Hall–Kier alpha value is -3.41. The highest BCUT2D eigenvalue weighted by molar-refractivity contribution is 5.71. The largest absolute Gasteiger partial charge is 0.462 e. The summed E-state index contributed by atoms with van der Waals surface area (Å²) in [6, 6.07) is 0. The second-order valence-corrected chi connectivity index (χ2v) is 23.8. The van der Waals surface area contributed by atoms with Crippen LogP contribution in [-0.4, -0.2) is 37.2 Å². The first-order valence-corrected chi connectivity index (χ1v) is 35.6. The summed E-state index contributed by atoms with van der Waals surface area (Å²) in [6.07, 6.45) is 93.2. The average Bonchev–Trinajstić information content (AvgIpc) is 3.47. The molecule has 0 fully saturated rings. The van der Waals surface area contributed by atoms with Gasteiger partial charge in [-0.15, -0.1) is 0 Å². The lowest BCUT2D eigenvalue weighted by molar-refractivity contribution is -0.167. The Balaban J connectivity index is 4.40. The first-order chi connectivity index (χ1) is 40.5. The summed E-state index contributed by atoms with van der Waals surface area (Å²) in [5, 5.41) is 0. The highest BCUT2D eigenvalue weighted by atomic mass is 16.6. The van der Waals surface area contributed by atoms with E-state index in [2.05, 4.69) is 106 Å². The fraction of sp³-hybridized carbons (Fsp3) is 0.776. The first kappa shape index (κ1) is 78.6. The van der Waals surface area contributed by atoms with Crippen molar-refractivity contribution in [1.29, 1.82) is 0 Å². The minimum atomic E-state index is -0.790. The van der Waals surface area contributed by atoms with Crippen LogP contribution in [0.1, 0.15) is 361 Å². The molecule has 0 aliphatic carbocycles. The van der Waals surface area contributed by atoms with Crippen LogP contribution in [0.4, 0.5) is 0 Å². The third-order valence-electron chi connectivity index (χ3n) is 15.6. The van der Waals surface area contributed by atoms with E-state index in [1.165, 1.54) is 212 Å². The number of rotatable bonds is 65. The molecule has 1 atom stereocenters. The SMILES string of the molecule is CC/C=C\C/C=C\C/C=C\C/C=C\C/C=C\C/C=C\CCCCCCC(=O)OCC(COC(=O)CCCCCCCCC/C=C\CCCCCCCCC)OC(=O)CCCCCCCCCCCCCCCCCCCCCCCCC. The maximum Gasteiger partial charge on any atom is 0.306 e. The molecule has 474 valence electrons. The number of hydrogen-bond acceptors (Lipinski definition) is 6. The molecule has 82 heavy (non-hydrogen) atoms. The molecule has 0 spiro atoms. The minimum absolute atomic E-state index is 0.0840. The monoisotopic (exact) mass is 1140 g/mol. The summed E-state index contributed by atoms with van der Waals surface area (Å²) in [7, 11) is 0. The predicted molar refractivity (Wildman–Crippen MR) is 358 cm³/mol. The van der Waals surface area contributed by atoms with Gasteiger partial charge >= 0.3 is 17.9 Å². The fourth-order valence-electron chi connectivity index (χ4n) is 10.3. The van der Waals surface area contributed by atoms with Crippen LogP contribution < -0.4 is 0 Å². The molecule has 0 saturated heterocycles. The Morgan fingerprint density at radius 3 is 0.756 bits per heavy atom. The predicted octanol–water partition coefficient (Wildman–Crippen LogP) is 24.6. The smallest absolute Gasteiger partial charge is 0.306 e. The van der Waals surface area contributed by atoms with Crippen LogP contribution >= 0.6 is 0 Å². The van der Waals surface area contributed by atoms with Crippen molar-refractivity contribution in [2.24, 2.45) is 0 Å². The van der Waals surface area contributed by atoms with E-state index in [4.69, 9.17) is 14.2 Å². The number of carbonyl (C=O) groups excluding carboxylic acids is 3. The van der Waals surface area contributed by atoms with Crippen LogP contribution in [0, 0.1) is 0 Å². The summed E-state index contributed by atoms with van der Waals surface area (Å²) in [6.45, 7) is 6.56. The quantitative estimate of drug-likeness (QED) is 0.0261. The Labute approximate surface area is 509 Å². The number of hydrogen-bond donors (Lipinski definition) is 0. The normalized spacial score (nSPS) is 12.6. The molecule has 0 aliphatic rings. The molecular formula is C76H134O6. The van der Waals surface area contributed by atoms with Crippen LogP contribution in [0.5, 0.6) is 0 Å². The minimum Gasteiger partial charge on any atom is -0.462 e. The van der Waals surface area contributed by atoms with Gasteiger partial charge in [0.25, 0.3) is 0 Å². The summed E-state index contributed by atoms with van der Waals surface area (Å²) in [4.78, 5) is 38.5. The number of allylic oxidation sites excluding steroid dienone is 14. The van der Waals surface area contributed by atoms with Gasteiger partial charge in [-0.25, -0.2) is 0 Å². The van der Waals surface area contributed by atoms with Gasteiger partial charge in [-0.2, -0.15) is 0 Å². The van der Waals surface area contributed by atoms with Gasteiger partial charge in [-0.05, 0) is 96.3 Å². The molecule has 0 bridgehead atoms. The van der Waals surface area contributed by atoms with Gasteiger partial charge < -0.3 is 14.2 Å². The zero-order chi connectivity index (χ0) is 59.2. The highest BCUT2D eigenvalue weighted by Gasteiger charge is 2.19. The molecule has 0 aromatic rings. The Morgan fingerprint density at radius 1 is 0.256 bits per heavy atom. The molecule has 0 saturated carbocycles. The lowest BCUT2D eigenvalue weighted by Crippen LogP contribution is -2.30. The van der Waals surface area contributed by atoms with Gasteiger partial charge in [0, 0.05) is 19.3 Å². The molecule has 0 heterocycles. The van der Waals surface area contributed by atoms with Crippen molar-refractivity contribution in [3.63, 3.8) is 0 Å². The van der Waals surface area contributed by atoms with E-state index in [0.717, 1.165) is 109 Å². The molecule has 0 aromatic carbocycles. The summed E-state index contributed by atoms with van der Waals surface area (Å²) < 4.78 is 17.0. The third-order valence-corrected chi connectivity index (χ3v) is 15.6. The molecular weight excluding hydrogens is 1010 g/mol. The van der Waals surface area contributed by atoms with Crippen LogP contribution in [0.3, 0.4) is 0 Å². The zero-order valence-corrected chi connectivity index (χ0v) is 54.5. The Kier molecular flexibility index (Phi) is 67.2. The summed E-state index contributed by atoms with van der Waals surface area (Å²) >= 11 is 0. The van der Waals surface area contributed by atoms with Crippen LogP contribution in [0.15, 0.2) is 85.1 Å². The van der Waals surface area contributed by atoms with Crippen LogP contribution in [0.25, 0.3) is 0 Å². The molecule has 0 aliphatic heterocycles. The number of ether oxygens (including phenoxy) is 3. The van der Waals surface area contributed by atoms with Crippen molar-refractivity contribution < 1.29 is 28.6 Å². The molecule has 0 rings (SSSR count). The second kappa shape index (κ2) is 70.1. The highest BCUT2D eigenvalue weighted by Crippen LogP contribution is 2.18. The molecule has 1 unspecified atom stereocenters. The van der Waals surface area contributed by atoms with E-state index in [1.54, 1.807) is 0 Å². The maximum absolute atomic E-state index is 13.0. The topological polar surface area (TPSA) is 78.9 Å². The van der Waals surface area contributed by atoms with Crippen LogP contribution in [0.2, 0.25) is 0 Å². The van der Waals surface area contributed by atoms with Gasteiger partial charge in [0.1, 0.15) is 13.2 Å². The van der Waals surface area contributed by atoms with E-state index >= 15 is 0 Å². The van der Waals surface area contributed by atoms with Crippen molar-refractivity contribution in [1.82, 2.24) is 0 Å². The third kappa shape index (κ3) is 67.4. The van der Waals surface area contributed by atoms with Crippen molar-refractivity contribution >= 4 is 17.9 Å². The summed E-state index contributed by atoms with van der Waals surface area (Å²) in [5.74, 6) is -0.893. The Bertz CT molecular complexity index is 1550. The lowest BCUT2D eigenvalue weighted by atomic mass is 10.0. The molecule has 0 radical (unpaired) electrons. The standard InChI is InChI=1S/C76H134O6/c1-4-7-10-13-16-19-22-25-28-31-34-36-38-40-42-45-48-51-54-57-60-63-66-69-75(78)81-72-73(71-80-74(77)68-65-62-59-56-53-50-47-44-33-30-27-24-21-18-15-12-9-6-3)82-76(79)70-67-64-61-58-55-52-49-46-43-41-39-37-35-32-29-26-23-20-17-14-11-8-5-2/h7,10,16,19,25,28,30,33-34,36,40,42,48,51,73H,4-6,8-9,11-15,17-18,20-24,26-27,29,31-32,35,37-39,41,43-47,49-50,52-72H2,1-3H3/b10-7-,19-16-,28-25-,33-30-,36-34-,42-40-,51-48-. The van der Waals surface area contributed by atoms with E-state index in [1.807, 2.05) is 0 Å². The van der Waals surface area contributed by atoms with Crippen molar-refractivity contribution in [3.05, 3.63) is 85.1 Å². The van der Waals surface area contributed by atoms with E-state index in [0.29, 0.717) is 19.3 Å². The lowest BCUT2D eigenvalue weighted by Gasteiger charge is -2.18. The van der Waals surface area contributed by atoms with Gasteiger partial charge in [0.2, 0.25) is 0 Å². The van der Waals surface area contributed by atoms with Gasteiger partial charge in [-0.3, -0.25) is 14.4 Å². The molecule has 0 amide bonds. The van der Waals surface area contributed by atoms with Crippen molar-refractivity contribution in [2.75, 3.05) is 13.2 Å². The molecule has 6 nitrogen and oxygen atoms in total. The number of esters is 3. The fourth-order valence-corrected chi connectivity index (χ4v) is 10.3. The molecule has 6 heteroatoms. The van der Waals surface area contributed by atoms with Crippen molar-refractivity contribution in [2.45, 2.75) is 367 Å². The Morgan fingerprint density at radius 2 is 0.476 bits per heavy atom. The average molecular weight is 1140 g/mol. The number of unbranched alkanes of at least 4 members (excludes halogenated alkanes) is 40. The van der Waals surface area contributed by atoms with Crippen LogP contribution in [-0.2, 0) is 28.6 Å². The van der Waals surface area contributed by atoms with E-state index in [9.17, 15) is 14.4 Å². The first-order valence-electron chi connectivity index (χ1n) is 35.6. The second-order valence-electron chi connectivity index (χ2n) is 23.8. The van der Waals surface area contributed by atoms with Gasteiger partial charge in [0.15, 0.2) is 6.10 Å².